The first kappa shape index (κ1) is 28.2. The molecule has 220 valence electrons. The Morgan fingerprint density at radius 1 is 1.00 bits per heavy atom. The zero-order valence-corrected chi connectivity index (χ0v) is 24.4. The lowest BCUT2D eigenvalue weighted by Gasteiger charge is -2.39. The molecule has 0 N–H and O–H groups in total. The number of para-hydroxylation sites is 1. The van der Waals surface area contributed by atoms with Gasteiger partial charge in [-0.25, -0.2) is 14.2 Å². The Morgan fingerprint density at radius 3 is 2.45 bits per heavy atom. The van der Waals surface area contributed by atoms with Crippen molar-refractivity contribution in [3.8, 4) is 5.75 Å². The van der Waals surface area contributed by atoms with E-state index in [0.717, 1.165) is 12.2 Å². The Morgan fingerprint density at radius 2 is 1.71 bits per heavy atom. The second-order valence-electron chi connectivity index (χ2n) is 11.9. The first-order chi connectivity index (χ1) is 20.3. The van der Waals surface area contributed by atoms with E-state index in [1.807, 2.05) is 40.1 Å². The van der Waals surface area contributed by atoms with Gasteiger partial charge in [-0.1, -0.05) is 49.4 Å². The molecule has 0 bridgehead atoms. The normalized spacial score (nSPS) is 26.3. The number of hydrogen-bond donors (Lipinski definition) is 0. The van der Waals surface area contributed by atoms with Crippen molar-refractivity contribution in [2.45, 2.75) is 50.6 Å². The minimum Gasteiger partial charge on any atom is -0.494 e. The quantitative estimate of drug-likeness (QED) is 0.244. The van der Waals surface area contributed by atoms with E-state index < -0.39 is 0 Å². The number of hydrogen-bond acceptors (Lipinski definition) is 4. The standard InChI is InChI=1S/C34H38FN3O4/c1-34-22-23-10-7-8-13-27(23)28(34)20-31-30(21-29(34)32(39)36(2)41-3)37(18-9-19-42-26-11-5-4-6-12-26)33(40)38(31)25-16-14-24(35)15-17-25/h4-8,10-17,28-31H,9,18-22H2,1-3H3/t28?,29-,30-,31+,34+/m1/s1. The molecule has 1 heterocycles. The number of halogens is 1. The maximum absolute atomic E-state index is 14.2. The predicted octanol–water partition coefficient (Wildman–Crippen LogP) is 6.05. The van der Waals surface area contributed by atoms with Gasteiger partial charge in [0.05, 0.1) is 25.8 Å². The molecule has 8 heteroatoms. The largest absolute Gasteiger partial charge is 0.494 e. The molecule has 3 aliphatic rings. The molecular weight excluding hydrogens is 533 g/mol. The maximum atomic E-state index is 14.2. The average molecular weight is 572 g/mol. The smallest absolute Gasteiger partial charge is 0.325 e. The summed E-state index contributed by atoms with van der Waals surface area (Å²) in [5, 5.41) is 1.34. The molecule has 0 radical (unpaired) electrons. The molecule has 3 aromatic carbocycles. The first-order valence-electron chi connectivity index (χ1n) is 14.7. The van der Waals surface area contributed by atoms with Crippen molar-refractivity contribution in [2.24, 2.45) is 11.3 Å². The number of carbonyl (C=O) groups excluding carboxylic acids is 2. The highest BCUT2D eigenvalue weighted by atomic mass is 19.1. The van der Waals surface area contributed by atoms with Gasteiger partial charge in [0.2, 0.25) is 5.91 Å². The Balaban J connectivity index is 1.37. The number of nitrogens with zero attached hydrogens (tertiary/aromatic N) is 3. The van der Waals surface area contributed by atoms with Crippen LogP contribution in [0.15, 0.2) is 78.9 Å². The molecule has 0 aromatic heterocycles. The number of amides is 3. The van der Waals surface area contributed by atoms with E-state index in [0.29, 0.717) is 38.1 Å². The van der Waals surface area contributed by atoms with Crippen LogP contribution in [0.1, 0.15) is 43.2 Å². The topological polar surface area (TPSA) is 62.3 Å². The van der Waals surface area contributed by atoms with Gasteiger partial charge in [0.25, 0.3) is 0 Å². The Kier molecular flexibility index (Phi) is 7.66. The molecule has 1 unspecified atom stereocenters. The fourth-order valence-corrected chi connectivity index (χ4v) is 7.59. The first-order valence-corrected chi connectivity index (χ1v) is 14.7. The van der Waals surface area contributed by atoms with E-state index in [1.165, 1.54) is 35.4 Å². The van der Waals surface area contributed by atoms with Crippen molar-refractivity contribution in [1.29, 1.82) is 0 Å². The summed E-state index contributed by atoms with van der Waals surface area (Å²) in [6.07, 6.45) is 2.65. The van der Waals surface area contributed by atoms with Gasteiger partial charge in [0.15, 0.2) is 0 Å². The van der Waals surface area contributed by atoms with Crippen molar-refractivity contribution in [3.63, 3.8) is 0 Å². The van der Waals surface area contributed by atoms with E-state index in [1.54, 1.807) is 19.2 Å². The number of benzene rings is 3. The van der Waals surface area contributed by atoms with Gasteiger partial charge < -0.3 is 9.64 Å². The Hall–Kier alpha value is -3.91. The van der Waals surface area contributed by atoms with Crippen molar-refractivity contribution in [1.82, 2.24) is 9.96 Å². The fourth-order valence-electron chi connectivity index (χ4n) is 7.59. The van der Waals surface area contributed by atoms with Gasteiger partial charge in [0.1, 0.15) is 11.6 Å². The van der Waals surface area contributed by atoms with Crippen LogP contribution in [0.2, 0.25) is 0 Å². The third-order valence-corrected chi connectivity index (χ3v) is 9.72. The highest BCUT2D eigenvalue weighted by Gasteiger charge is 2.59. The van der Waals surface area contributed by atoms with Gasteiger partial charge in [-0.05, 0) is 84.5 Å². The summed E-state index contributed by atoms with van der Waals surface area (Å²) in [6, 6.07) is 23.7. The molecule has 5 atom stereocenters. The molecule has 2 fully saturated rings. The number of rotatable bonds is 8. The monoisotopic (exact) mass is 571 g/mol. The van der Waals surface area contributed by atoms with Crippen LogP contribution in [-0.4, -0.2) is 61.3 Å². The van der Waals surface area contributed by atoms with Crippen LogP contribution in [-0.2, 0) is 16.1 Å². The lowest BCUT2D eigenvalue weighted by molar-refractivity contribution is -0.178. The fraction of sp³-hybridized carbons (Fsp3) is 0.412. The lowest BCUT2D eigenvalue weighted by atomic mass is 9.67. The molecule has 42 heavy (non-hydrogen) atoms. The molecule has 3 amide bonds. The van der Waals surface area contributed by atoms with Crippen molar-refractivity contribution in [2.75, 3.05) is 32.2 Å². The van der Waals surface area contributed by atoms with Crippen molar-refractivity contribution < 1.29 is 23.6 Å². The minimum absolute atomic E-state index is 0.0695. The van der Waals surface area contributed by atoms with Crippen LogP contribution in [0.5, 0.6) is 5.75 Å². The maximum Gasteiger partial charge on any atom is 0.325 e. The molecule has 2 aliphatic carbocycles. The number of hydroxylamine groups is 2. The molecule has 1 saturated carbocycles. The summed E-state index contributed by atoms with van der Waals surface area (Å²) in [5.41, 5.74) is 2.83. The van der Waals surface area contributed by atoms with Crippen LogP contribution in [0.25, 0.3) is 0 Å². The number of ether oxygens (including phenoxy) is 1. The van der Waals surface area contributed by atoms with Gasteiger partial charge in [-0.2, -0.15) is 0 Å². The number of urea groups is 1. The minimum atomic E-state index is -0.362. The van der Waals surface area contributed by atoms with E-state index in [9.17, 15) is 14.0 Å². The SMILES string of the molecule is CON(C)C(=O)[C@H]1C[C@@H]2[C@H](CC3c4ccccc4C[C@@]31C)N(c1ccc(F)cc1)C(=O)N2CCCOc1ccccc1. The summed E-state index contributed by atoms with van der Waals surface area (Å²) < 4.78 is 19.9. The molecule has 0 spiro atoms. The third-order valence-electron chi connectivity index (χ3n) is 9.72. The predicted molar refractivity (Wildman–Crippen MR) is 159 cm³/mol. The van der Waals surface area contributed by atoms with Crippen molar-refractivity contribution >= 4 is 17.6 Å². The van der Waals surface area contributed by atoms with Crippen LogP contribution in [0.3, 0.4) is 0 Å². The Labute approximate surface area is 246 Å². The summed E-state index contributed by atoms with van der Waals surface area (Å²) in [4.78, 5) is 37.4. The molecular formula is C34H38FN3O4. The number of anilines is 1. The third kappa shape index (κ3) is 4.91. The number of fused-ring (bicyclic) bond motifs is 4. The van der Waals surface area contributed by atoms with E-state index in [-0.39, 0.29) is 47.1 Å². The molecule has 3 aromatic rings. The van der Waals surface area contributed by atoms with Crippen LogP contribution in [0, 0.1) is 17.2 Å². The Bertz CT molecular complexity index is 1430. The number of carbonyl (C=O) groups is 2. The summed E-state index contributed by atoms with van der Waals surface area (Å²) in [5.74, 6) is 0.0823. The van der Waals surface area contributed by atoms with Gasteiger partial charge >= 0.3 is 6.03 Å². The molecule has 1 saturated heterocycles. The molecule has 7 nitrogen and oxygen atoms in total. The highest BCUT2D eigenvalue weighted by molar-refractivity contribution is 5.96. The zero-order chi connectivity index (χ0) is 29.4. The zero-order valence-electron chi connectivity index (χ0n) is 24.4. The van der Waals surface area contributed by atoms with E-state index >= 15 is 0 Å². The summed E-state index contributed by atoms with van der Waals surface area (Å²) >= 11 is 0. The molecule has 6 rings (SSSR count). The van der Waals surface area contributed by atoms with Crippen LogP contribution < -0.4 is 9.64 Å². The average Bonchev–Trinajstić information content (AvgIpc) is 3.39. The van der Waals surface area contributed by atoms with Gasteiger partial charge in [-0.15, -0.1) is 0 Å². The van der Waals surface area contributed by atoms with Crippen LogP contribution in [0.4, 0.5) is 14.9 Å². The van der Waals surface area contributed by atoms with Crippen LogP contribution >= 0.6 is 0 Å². The summed E-state index contributed by atoms with van der Waals surface area (Å²) in [6.45, 7) is 3.18. The molecule has 1 aliphatic heterocycles. The lowest BCUT2D eigenvalue weighted by Crippen LogP contribution is -2.46. The van der Waals surface area contributed by atoms with E-state index in [2.05, 4.69) is 31.2 Å². The van der Waals surface area contributed by atoms with Gasteiger partial charge in [0, 0.05) is 25.2 Å². The highest BCUT2D eigenvalue weighted by Crippen LogP contribution is 2.59. The van der Waals surface area contributed by atoms with E-state index in [4.69, 9.17) is 9.57 Å². The van der Waals surface area contributed by atoms with Gasteiger partial charge in [-0.3, -0.25) is 14.5 Å². The second-order valence-corrected chi connectivity index (χ2v) is 11.9. The second kappa shape index (κ2) is 11.4. The summed E-state index contributed by atoms with van der Waals surface area (Å²) in [7, 11) is 3.17. The van der Waals surface area contributed by atoms with Crippen molar-refractivity contribution in [3.05, 3.63) is 95.8 Å².